The molecule has 0 saturated heterocycles. The van der Waals surface area contributed by atoms with Crippen LogP contribution in [0.5, 0.6) is 5.75 Å². The van der Waals surface area contributed by atoms with Gasteiger partial charge in [0.2, 0.25) is 0 Å². The van der Waals surface area contributed by atoms with Gasteiger partial charge in [0, 0.05) is 33.6 Å². The van der Waals surface area contributed by atoms with E-state index in [1.165, 1.54) is 37.4 Å². The number of carbonyl (C=O) groups is 1. The Hall–Kier alpha value is -3.43. The van der Waals surface area contributed by atoms with Crippen LogP contribution in [-0.4, -0.2) is 21.4 Å². The first-order valence-electron chi connectivity index (χ1n) is 8.58. The van der Waals surface area contributed by atoms with Crippen molar-refractivity contribution in [3.05, 3.63) is 82.2 Å². The lowest BCUT2D eigenvalue weighted by Crippen LogP contribution is -2.55. The van der Waals surface area contributed by atoms with Gasteiger partial charge in [-0.25, -0.2) is 8.42 Å². The number of hydrogen-bond donors (Lipinski definition) is 3. The molecule has 0 atom stereocenters. The highest BCUT2D eigenvalue weighted by atomic mass is 35.5. The highest BCUT2D eigenvalue weighted by Gasteiger charge is 2.19. The minimum Gasteiger partial charge on any atom is -0.497 e. The van der Waals surface area contributed by atoms with Crippen molar-refractivity contribution in [1.29, 1.82) is 0 Å². The van der Waals surface area contributed by atoms with E-state index in [0.29, 0.717) is 17.1 Å². The normalized spacial score (nSPS) is 10.9. The molecule has 0 aliphatic heterocycles. The average Bonchev–Trinajstić information content (AvgIpc) is 2.74. The van der Waals surface area contributed by atoms with Gasteiger partial charge < -0.3 is 10.1 Å². The molecule has 30 heavy (non-hydrogen) atoms. The van der Waals surface area contributed by atoms with Gasteiger partial charge in [-0.05, 0) is 48.5 Å². The van der Waals surface area contributed by atoms with E-state index in [4.69, 9.17) is 16.3 Å². The molecule has 0 bridgehead atoms. The highest BCUT2D eigenvalue weighted by molar-refractivity contribution is 7.92. The number of anilines is 2. The Morgan fingerprint density at radius 2 is 1.73 bits per heavy atom. The summed E-state index contributed by atoms with van der Waals surface area (Å²) >= 11 is 6.11. The molecule has 0 fully saturated rings. The van der Waals surface area contributed by atoms with Gasteiger partial charge in [0.1, 0.15) is 5.75 Å². The fourth-order valence-electron chi connectivity index (χ4n) is 2.58. The zero-order valence-electron chi connectivity index (χ0n) is 15.7. The summed E-state index contributed by atoms with van der Waals surface area (Å²) < 4.78 is 32.9. The van der Waals surface area contributed by atoms with E-state index in [9.17, 15) is 18.1 Å². The third-order valence-electron chi connectivity index (χ3n) is 4.07. The molecule has 3 N–H and O–H groups in total. The molecule has 0 unspecified atom stereocenters. The number of nitroso groups, excluding NO2 is 1. The largest absolute Gasteiger partial charge is 0.497 e. The molecule has 0 heterocycles. The maximum atomic E-state index is 12.7. The van der Waals surface area contributed by atoms with E-state index in [1.807, 2.05) is 0 Å². The lowest BCUT2D eigenvalue weighted by Gasteiger charge is -2.11. The van der Waals surface area contributed by atoms with Crippen LogP contribution in [0.1, 0.15) is 10.4 Å². The first-order valence-corrected chi connectivity index (χ1v) is 10.4. The Kier molecular flexibility index (Phi) is 6.34. The predicted molar refractivity (Wildman–Crippen MR) is 114 cm³/mol. The summed E-state index contributed by atoms with van der Waals surface area (Å²) in [7, 11) is -2.46. The van der Waals surface area contributed by atoms with Crippen molar-refractivity contribution in [2.24, 2.45) is 0 Å². The molecule has 0 aliphatic carbocycles. The molecular formula is C20H17ClN3O5S+. The number of hydrogen-bond acceptors (Lipinski definition) is 5. The summed E-state index contributed by atoms with van der Waals surface area (Å²) in [5.41, 5.74) is 0.911. The van der Waals surface area contributed by atoms with Crippen LogP contribution >= 0.6 is 11.6 Å². The molecule has 3 rings (SSSR count). The van der Waals surface area contributed by atoms with Gasteiger partial charge in [-0.1, -0.05) is 17.7 Å². The molecule has 0 radical (unpaired) electrons. The monoisotopic (exact) mass is 446 g/mol. The average molecular weight is 447 g/mol. The topological polar surface area (TPSA) is 116 Å². The molecule has 10 heteroatoms. The van der Waals surface area contributed by atoms with Gasteiger partial charge in [0.25, 0.3) is 21.6 Å². The minimum atomic E-state index is -3.97. The van der Waals surface area contributed by atoms with Crippen molar-refractivity contribution in [2.75, 3.05) is 17.1 Å². The van der Waals surface area contributed by atoms with Crippen LogP contribution in [0.3, 0.4) is 0 Å². The number of ether oxygens (including phenoxy) is 1. The van der Waals surface area contributed by atoms with E-state index in [0.717, 1.165) is 0 Å². The van der Waals surface area contributed by atoms with Crippen LogP contribution in [0.25, 0.3) is 0 Å². The summed E-state index contributed by atoms with van der Waals surface area (Å²) in [5.74, 6) is -0.0378. The number of amides is 1. The van der Waals surface area contributed by atoms with Gasteiger partial charge in [-0.15, -0.1) is 0 Å². The van der Waals surface area contributed by atoms with Crippen LogP contribution in [0.15, 0.2) is 71.6 Å². The van der Waals surface area contributed by atoms with Crippen LogP contribution in [-0.2, 0) is 10.0 Å². The number of rotatable bonds is 7. The molecule has 3 aromatic rings. The van der Waals surface area contributed by atoms with Gasteiger partial charge >= 0.3 is 0 Å². The third-order valence-corrected chi connectivity index (χ3v) is 5.78. The Morgan fingerprint density at radius 3 is 2.40 bits per heavy atom. The number of methoxy groups -OCH3 is 1. The second-order valence-electron chi connectivity index (χ2n) is 6.11. The third kappa shape index (κ3) is 4.94. The fourth-order valence-corrected chi connectivity index (χ4v) is 3.87. The van der Waals surface area contributed by atoms with E-state index < -0.39 is 15.9 Å². The van der Waals surface area contributed by atoms with E-state index in [2.05, 4.69) is 10.0 Å². The van der Waals surface area contributed by atoms with Gasteiger partial charge in [-0.3, -0.25) is 9.52 Å². The second-order valence-corrected chi connectivity index (χ2v) is 8.20. The molecule has 0 aliphatic rings. The molecular weight excluding hydrogens is 430 g/mol. The molecule has 0 saturated carbocycles. The van der Waals surface area contributed by atoms with E-state index in [-0.39, 0.29) is 21.2 Å². The maximum absolute atomic E-state index is 12.7. The first-order chi connectivity index (χ1) is 14.3. The molecule has 154 valence electrons. The summed E-state index contributed by atoms with van der Waals surface area (Å²) in [6.45, 7) is 0. The smallest absolute Gasteiger partial charge is 0.261 e. The quantitative estimate of drug-likeness (QED) is 0.516. The number of nitrogens with one attached hydrogen (secondary N) is 3. The first kappa shape index (κ1) is 21.3. The zero-order chi connectivity index (χ0) is 21.7. The lowest BCUT2D eigenvalue weighted by atomic mass is 10.2. The van der Waals surface area contributed by atoms with Crippen LogP contribution in [0, 0.1) is 4.91 Å². The van der Waals surface area contributed by atoms with Gasteiger partial charge in [0.05, 0.1) is 22.6 Å². The molecule has 3 aromatic carbocycles. The van der Waals surface area contributed by atoms with E-state index in [1.54, 1.807) is 41.6 Å². The summed E-state index contributed by atoms with van der Waals surface area (Å²) in [6.07, 6.45) is 0. The lowest BCUT2D eigenvalue weighted by molar-refractivity contribution is -0.379. The van der Waals surface area contributed by atoms with E-state index >= 15 is 0 Å². The van der Waals surface area contributed by atoms with Crippen LogP contribution in [0.2, 0.25) is 5.02 Å². The highest BCUT2D eigenvalue weighted by Crippen LogP contribution is 2.24. The summed E-state index contributed by atoms with van der Waals surface area (Å²) in [5, 5.41) is 4.39. The van der Waals surface area contributed by atoms with Gasteiger partial charge in [-0.2, -0.15) is 0 Å². The van der Waals surface area contributed by atoms with Crippen molar-refractivity contribution in [1.82, 2.24) is 0 Å². The number of sulfonamides is 1. The van der Waals surface area contributed by atoms with Crippen LogP contribution in [0.4, 0.5) is 17.1 Å². The Bertz CT molecular complexity index is 1200. The molecule has 8 nitrogen and oxygen atoms in total. The SMILES string of the molecule is COc1ccc(NS(=O)(=O)c2ccc(Cl)c(C(=O)Nc3cccc([NH+]=O)c3)c2)cc1. The number of benzene rings is 3. The minimum absolute atomic E-state index is 0.0326. The fraction of sp³-hybridized carbons (Fsp3) is 0.0500. The maximum Gasteiger partial charge on any atom is 0.261 e. The van der Waals surface area contributed by atoms with Crippen molar-refractivity contribution < 1.29 is 23.1 Å². The van der Waals surface area contributed by atoms with Crippen LogP contribution < -0.4 is 20.0 Å². The Labute approximate surface area is 177 Å². The molecule has 0 aromatic heterocycles. The molecule has 0 spiro atoms. The predicted octanol–water partition coefficient (Wildman–Crippen LogP) is 2.88. The van der Waals surface area contributed by atoms with Crippen molar-refractivity contribution >= 4 is 44.6 Å². The molecule has 1 amide bonds. The van der Waals surface area contributed by atoms with Crippen molar-refractivity contribution in [3.8, 4) is 5.75 Å². The number of halogens is 1. The number of carbonyl (C=O) groups excluding carboxylic acids is 1. The van der Waals surface area contributed by atoms with Gasteiger partial charge in [0.15, 0.2) is 0 Å². The standard InChI is InChI=1S/C20H16ClN3O5S/c1-29-16-7-5-13(6-8-16)24-30(27,28)17-9-10-19(21)18(12-17)20(25)22-14-3-2-4-15(11-14)23-26/h2-12,24H,1H3,(H,22,25)/p+1. The van der Waals surface area contributed by atoms with Crippen molar-refractivity contribution in [3.63, 3.8) is 0 Å². The van der Waals surface area contributed by atoms with Crippen molar-refractivity contribution in [2.45, 2.75) is 4.90 Å². The zero-order valence-corrected chi connectivity index (χ0v) is 17.3. The Morgan fingerprint density at radius 1 is 1.00 bits per heavy atom. The Balaban J connectivity index is 1.85. The summed E-state index contributed by atoms with van der Waals surface area (Å²) in [6, 6.07) is 16.3. The summed E-state index contributed by atoms with van der Waals surface area (Å²) in [4.78, 5) is 23.3. The second kappa shape index (κ2) is 8.93.